The lowest BCUT2D eigenvalue weighted by Crippen LogP contribution is -2.44. The van der Waals surface area contributed by atoms with E-state index in [1.54, 1.807) is 7.05 Å². The van der Waals surface area contributed by atoms with Gasteiger partial charge in [0.1, 0.15) is 17.1 Å². The molecule has 2 heterocycles. The SMILES string of the molecule is CNC(=O)C1=C(O)CC[n+]2c1[nH]c(C)c2C. The van der Waals surface area contributed by atoms with Crippen molar-refractivity contribution in [1.82, 2.24) is 10.3 Å². The number of aromatic nitrogens is 2. The van der Waals surface area contributed by atoms with E-state index in [2.05, 4.69) is 10.3 Å². The molecule has 0 aliphatic carbocycles. The maximum Gasteiger partial charge on any atom is 0.296 e. The van der Waals surface area contributed by atoms with Gasteiger partial charge in [0.2, 0.25) is 0 Å². The fourth-order valence-electron chi connectivity index (χ4n) is 2.03. The van der Waals surface area contributed by atoms with Gasteiger partial charge in [-0.3, -0.25) is 4.79 Å². The van der Waals surface area contributed by atoms with Crippen LogP contribution in [0, 0.1) is 13.8 Å². The molecule has 0 saturated carbocycles. The third kappa shape index (κ3) is 1.39. The molecule has 5 heteroatoms. The van der Waals surface area contributed by atoms with Crippen LogP contribution in [0.25, 0.3) is 5.57 Å². The summed E-state index contributed by atoms with van der Waals surface area (Å²) in [6.45, 7) is 4.66. The average molecular weight is 222 g/mol. The van der Waals surface area contributed by atoms with Crippen LogP contribution in [0.5, 0.6) is 0 Å². The number of likely N-dealkylation sites (N-methyl/N-ethyl adjacent to an activating group) is 1. The predicted octanol–water partition coefficient (Wildman–Crippen LogP) is 0.338. The Bertz CT molecular complexity index is 486. The number of aryl methyl sites for hydroxylation is 1. The van der Waals surface area contributed by atoms with Crippen molar-refractivity contribution in [2.24, 2.45) is 0 Å². The Morgan fingerprint density at radius 1 is 1.50 bits per heavy atom. The normalized spacial score (nSPS) is 14.9. The minimum absolute atomic E-state index is 0.153. The van der Waals surface area contributed by atoms with Crippen LogP contribution in [0.15, 0.2) is 5.76 Å². The molecule has 1 aliphatic rings. The molecule has 2 rings (SSSR count). The lowest BCUT2D eigenvalue weighted by molar-refractivity contribution is -0.704. The Hall–Kier alpha value is -1.78. The molecule has 0 radical (unpaired) electrons. The van der Waals surface area contributed by atoms with E-state index < -0.39 is 0 Å². The summed E-state index contributed by atoms with van der Waals surface area (Å²) in [5.41, 5.74) is 2.47. The third-order valence-corrected chi connectivity index (χ3v) is 3.08. The topological polar surface area (TPSA) is 69.0 Å². The number of hydrogen-bond donors (Lipinski definition) is 3. The minimum Gasteiger partial charge on any atom is -0.511 e. The second-order valence-electron chi connectivity index (χ2n) is 3.99. The molecular formula is C11H16N3O2+. The Balaban J connectivity index is 2.61. The maximum absolute atomic E-state index is 11.7. The molecule has 1 aliphatic heterocycles. The molecule has 0 fully saturated rings. The number of aliphatic hydroxyl groups is 1. The summed E-state index contributed by atoms with van der Waals surface area (Å²) < 4.78 is 2.03. The van der Waals surface area contributed by atoms with Gasteiger partial charge in [-0.1, -0.05) is 0 Å². The van der Waals surface area contributed by atoms with E-state index >= 15 is 0 Å². The van der Waals surface area contributed by atoms with Gasteiger partial charge in [0.15, 0.2) is 5.57 Å². The molecule has 1 amide bonds. The predicted molar refractivity (Wildman–Crippen MR) is 58.7 cm³/mol. The molecule has 3 N–H and O–H groups in total. The van der Waals surface area contributed by atoms with Crippen molar-refractivity contribution in [3.8, 4) is 0 Å². The van der Waals surface area contributed by atoms with Crippen LogP contribution in [0.4, 0.5) is 0 Å². The van der Waals surface area contributed by atoms with Gasteiger partial charge in [0.25, 0.3) is 11.7 Å². The molecule has 0 saturated heterocycles. The molecule has 1 aromatic rings. The van der Waals surface area contributed by atoms with Gasteiger partial charge in [-0.2, -0.15) is 0 Å². The van der Waals surface area contributed by atoms with Gasteiger partial charge in [0, 0.05) is 27.3 Å². The largest absolute Gasteiger partial charge is 0.511 e. The van der Waals surface area contributed by atoms with E-state index in [0.29, 0.717) is 24.4 Å². The highest BCUT2D eigenvalue weighted by atomic mass is 16.3. The summed E-state index contributed by atoms with van der Waals surface area (Å²) in [6.07, 6.45) is 0.499. The molecule has 86 valence electrons. The quantitative estimate of drug-likeness (QED) is 0.600. The molecular weight excluding hydrogens is 206 g/mol. The Morgan fingerprint density at radius 2 is 2.19 bits per heavy atom. The molecule has 16 heavy (non-hydrogen) atoms. The first kappa shape index (κ1) is 10.7. The lowest BCUT2D eigenvalue weighted by atomic mass is 10.1. The molecule has 0 atom stereocenters. The second kappa shape index (κ2) is 3.66. The molecule has 0 bridgehead atoms. The van der Waals surface area contributed by atoms with Crippen molar-refractivity contribution >= 4 is 11.5 Å². The van der Waals surface area contributed by atoms with E-state index in [4.69, 9.17) is 0 Å². The van der Waals surface area contributed by atoms with Crippen molar-refractivity contribution < 1.29 is 14.5 Å². The number of amides is 1. The summed E-state index contributed by atoms with van der Waals surface area (Å²) in [5.74, 6) is 0.589. The van der Waals surface area contributed by atoms with E-state index in [0.717, 1.165) is 11.4 Å². The van der Waals surface area contributed by atoms with Crippen molar-refractivity contribution in [2.75, 3.05) is 7.05 Å². The Kier molecular flexibility index (Phi) is 2.46. The summed E-state index contributed by atoms with van der Waals surface area (Å²) >= 11 is 0. The first-order valence-corrected chi connectivity index (χ1v) is 5.29. The van der Waals surface area contributed by atoms with E-state index in [-0.39, 0.29) is 11.7 Å². The second-order valence-corrected chi connectivity index (χ2v) is 3.99. The zero-order valence-corrected chi connectivity index (χ0v) is 9.72. The van der Waals surface area contributed by atoms with Crippen LogP contribution in [-0.4, -0.2) is 23.0 Å². The molecule has 0 spiro atoms. The minimum atomic E-state index is -0.257. The lowest BCUT2D eigenvalue weighted by Gasteiger charge is -2.12. The number of allylic oxidation sites excluding steroid dienone is 1. The van der Waals surface area contributed by atoms with Crippen LogP contribution in [0.3, 0.4) is 0 Å². The highest BCUT2D eigenvalue weighted by Gasteiger charge is 2.33. The highest BCUT2D eigenvalue weighted by Crippen LogP contribution is 2.21. The number of rotatable bonds is 1. The van der Waals surface area contributed by atoms with Crippen molar-refractivity contribution in [2.45, 2.75) is 26.8 Å². The van der Waals surface area contributed by atoms with Gasteiger partial charge in [-0.05, 0) is 0 Å². The number of aromatic amines is 1. The fourth-order valence-corrected chi connectivity index (χ4v) is 2.03. The number of fused-ring (bicyclic) bond motifs is 1. The fraction of sp³-hybridized carbons (Fsp3) is 0.455. The first-order valence-electron chi connectivity index (χ1n) is 5.29. The van der Waals surface area contributed by atoms with Crippen molar-refractivity contribution in [3.63, 3.8) is 0 Å². The van der Waals surface area contributed by atoms with Gasteiger partial charge in [0.05, 0.1) is 6.54 Å². The van der Waals surface area contributed by atoms with Gasteiger partial charge >= 0.3 is 0 Å². The van der Waals surface area contributed by atoms with Crippen LogP contribution >= 0.6 is 0 Å². The first-order chi connectivity index (χ1) is 7.56. The van der Waals surface area contributed by atoms with E-state index in [1.165, 1.54) is 0 Å². The van der Waals surface area contributed by atoms with Gasteiger partial charge < -0.3 is 10.4 Å². The zero-order valence-electron chi connectivity index (χ0n) is 9.72. The number of carbonyl (C=O) groups excluding carboxylic acids is 1. The number of carbonyl (C=O) groups is 1. The number of nitrogens with zero attached hydrogens (tertiary/aromatic N) is 1. The van der Waals surface area contributed by atoms with Crippen LogP contribution in [0.1, 0.15) is 23.6 Å². The summed E-state index contributed by atoms with van der Waals surface area (Å²) in [5, 5.41) is 12.3. The van der Waals surface area contributed by atoms with Crippen LogP contribution in [-0.2, 0) is 11.3 Å². The van der Waals surface area contributed by atoms with E-state index in [9.17, 15) is 9.90 Å². The standard InChI is InChI=1S/C11H15N3O2/c1-6-7(2)14-5-4-8(15)9(10(14)13-6)11(16)12-3/h4-5H2,1-3H3,(H2,12,13,15,16)/p+1. The van der Waals surface area contributed by atoms with Crippen molar-refractivity contribution in [3.05, 3.63) is 23.0 Å². The number of H-pyrrole nitrogens is 1. The Labute approximate surface area is 93.8 Å². The van der Waals surface area contributed by atoms with Gasteiger partial charge in [-0.15, -0.1) is 0 Å². The van der Waals surface area contributed by atoms with Gasteiger partial charge in [-0.25, -0.2) is 9.55 Å². The monoisotopic (exact) mass is 222 g/mol. The summed E-state index contributed by atoms with van der Waals surface area (Å²) in [4.78, 5) is 14.8. The third-order valence-electron chi connectivity index (χ3n) is 3.08. The molecule has 0 aromatic carbocycles. The van der Waals surface area contributed by atoms with Crippen LogP contribution < -0.4 is 9.88 Å². The molecule has 0 unspecified atom stereocenters. The average Bonchev–Trinajstić information content (AvgIpc) is 2.54. The number of hydrogen-bond acceptors (Lipinski definition) is 2. The number of imidazole rings is 1. The molecule has 5 nitrogen and oxygen atoms in total. The molecule has 1 aromatic heterocycles. The zero-order chi connectivity index (χ0) is 11.9. The smallest absolute Gasteiger partial charge is 0.296 e. The van der Waals surface area contributed by atoms with Crippen molar-refractivity contribution in [1.29, 1.82) is 0 Å². The van der Waals surface area contributed by atoms with E-state index in [1.807, 2.05) is 18.4 Å². The summed E-state index contributed by atoms with van der Waals surface area (Å²) in [7, 11) is 1.56. The number of aliphatic hydroxyl groups excluding tert-OH is 1. The van der Waals surface area contributed by atoms with Crippen LogP contribution in [0.2, 0.25) is 0 Å². The number of nitrogens with one attached hydrogen (secondary N) is 2. The summed E-state index contributed by atoms with van der Waals surface area (Å²) in [6, 6.07) is 0. The Morgan fingerprint density at radius 3 is 2.81 bits per heavy atom. The highest BCUT2D eigenvalue weighted by molar-refractivity contribution is 6.18. The maximum atomic E-state index is 11.7.